The van der Waals surface area contributed by atoms with Crippen molar-refractivity contribution in [2.75, 3.05) is 5.88 Å². The van der Waals surface area contributed by atoms with E-state index in [1.807, 2.05) is 13.8 Å². The van der Waals surface area contributed by atoms with E-state index in [4.69, 9.17) is 11.6 Å². The zero-order valence-corrected chi connectivity index (χ0v) is 8.93. The molecule has 1 aromatic rings. The van der Waals surface area contributed by atoms with E-state index in [9.17, 15) is 4.79 Å². The minimum atomic E-state index is -0.207. The van der Waals surface area contributed by atoms with Crippen molar-refractivity contribution in [2.24, 2.45) is 0 Å². The van der Waals surface area contributed by atoms with Crippen molar-refractivity contribution in [1.82, 2.24) is 20.5 Å². The number of hydrogen-bond acceptors (Lipinski definition) is 3. The highest BCUT2D eigenvalue weighted by Gasteiger charge is 2.15. The van der Waals surface area contributed by atoms with Gasteiger partial charge in [-0.1, -0.05) is 6.92 Å². The molecule has 0 saturated carbocycles. The third-order valence-corrected chi connectivity index (χ3v) is 2.03. The van der Waals surface area contributed by atoms with Gasteiger partial charge in [-0.15, -0.1) is 11.6 Å². The van der Waals surface area contributed by atoms with Gasteiger partial charge in [0.25, 0.3) is 0 Å². The normalized spacial score (nSPS) is 12.5. The Morgan fingerprint density at radius 3 is 2.86 bits per heavy atom. The number of hydrogen-bond donors (Lipinski definition) is 2. The van der Waals surface area contributed by atoms with E-state index < -0.39 is 0 Å². The fourth-order valence-electron chi connectivity index (χ4n) is 1.10. The summed E-state index contributed by atoms with van der Waals surface area (Å²) in [5.74, 6) is 1.09. The summed E-state index contributed by atoms with van der Waals surface area (Å²) in [6, 6.07) is -0.161. The van der Waals surface area contributed by atoms with Crippen LogP contribution in [0.25, 0.3) is 0 Å². The van der Waals surface area contributed by atoms with Crippen LogP contribution < -0.4 is 5.32 Å². The maximum atomic E-state index is 11.1. The van der Waals surface area contributed by atoms with Gasteiger partial charge in [-0.25, -0.2) is 4.98 Å². The monoisotopic (exact) mass is 216 g/mol. The van der Waals surface area contributed by atoms with Gasteiger partial charge < -0.3 is 5.32 Å². The van der Waals surface area contributed by atoms with E-state index in [2.05, 4.69) is 20.5 Å². The third-order valence-electron chi connectivity index (χ3n) is 1.79. The van der Waals surface area contributed by atoms with E-state index in [-0.39, 0.29) is 17.8 Å². The topological polar surface area (TPSA) is 70.7 Å². The average molecular weight is 217 g/mol. The van der Waals surface area contributed by atoms with Crippen molar-refractivity contribution in [1.29, 1.82) is 0 Å². The molecule has 1 atom stereocenters. The summed E-state index contributed by atoms with van der Waals surface area (Å²) in [6.45, 7) is 3.76. The lowest BCUT2D eigenvalue weighted by atomic mass is 10.2. The first-order valence-corrected chi connectivity index (χ1v) is 4.95. The lowest BCUT2D eigenvalue weighted by molar-refractivity contribution is -0.119. The zero-order valence-electron chi connectivity index (χ0n) is 8.17. The number of H-pyrrole nitrogens is 1. The third kappa shape index (κ3) is 2.70. The molecule has 6 heteroatoms. The molecule has 0 radical (unpaired) electrons. The van der Waals surface area contributed by atoms with Gasteiger partial charge in [0.2, 0.25) is 5.91 Å². The van der Waals surface area contributed by atoms with E-state index >= 15 is 0 Å². The van der Waals surface area contributed by atoms with E-state index in [0.717, 1.165) is 12.2 Å². The van der Waals surface area contributed by atoms with Crippen LogP contribution >= 0.6 is 11.6 Å². The number of carbonyl (C=O) groups excluding carboxylic acids is 1. The highest BCUT2D eigenvalue weighted by atomic mass is 35.5. The van der Waals surface area contributed by atoms with Crippen LogP contribution in [0.15, 0.2) is 0 Å². The number of alkyl halides is 1. The van der Waals surface area contributed by atoms with Gasteiger partial charge in [-0.3, -0.25) is 9.89 Å². The number of aromatic nitrogens is 3. The predicted octanol–water partition coefficient (Wildman–Crippen LogP) is 0.919. The van der Waals surface area contributed by atoms with Crippen LogP contribution in [0.3, 0.4) is 0 Å². The van der Waals surface area contributed by atoms with Crippen molar-refractivity contribution in [3.8, 4) is 0 Å². The SMILES string of the molecule is CCC(NC(=O)CCl)c1n[nH]c(C)n1. The second kappa shape index (κ2) is 4.95. The Hall–Kier alpha value is -1.10. The fraction of sp³-hybridized carbons (Fsp3) is 0.625. The van der Waals surface area contributed by atoms with Crippen LogP contribution in [0.2, 0.25) is 0 Å². The highest BCUT2D eigenvalue weighted by Crippen LogP contribution is 2.11. The Morgan fingerprint density at radius 1 is 1.71 bits per heavy atom. The molecule has 5 nitrogen and oxygen atoms in total. The summed E-state index contributed by atoms with van der Waals surface area (Å²) < 4.78 is 0. The molecule has 1 unspecified atom stereocenters. The second-order valence-corrected chi connectivity index (χ2v) is 3.21. The Bertz CT molecular complexity index is 312. The van der Waals surface area contributed by atoms with Gasteiger partial charge in [-0.05, 0) is 13.3 Å². The summed E-state index contributed by atoms with van der Waals surface area (Å²) in [7, 11) is 0. The molecule has 1 aromatic heterocycles. The number of nitrogens with zero attached hydrogens (tertiary/aromatic N) is 2. The largest absolute Gasteiger partial charge is 0.345 e. The van der Waals surface area contributed by atoms with E-state index in [1.54, 1.807) is 0 Å². The highest BCUT2D eigenvalue weighted by molar-refractivity contribution is 6.27. The van der Waals surface area contributed by atoms with Gasteiger partial charge >= 0.3 is 0 Å². The van der Waals surface area contributed by atoms with Gasteiger partial charge in [0, 0.05) is 0 Å². The maximum absolute atomic E-state index is 11.1. The number of rotatable bonds is 4. The summed E-state index contributed by atoms with van der Waals surface area (Å²) in [6.07, 6.45) is 0.736. The molecule has 0 saturated heterocycles. The molecule has 1 rings (SSSR count). The van der Waals surface area contributed by atoms with Gasteiger partial charge in [0.05, 0.1) is 6.04 Å². The first kappa shape index (κ1) is 11.0. The molecule has 0 spiro atoms. The lowest BCUT2D eigenvalue weighted by Gasteiger charge is -2.11. The summed E-state index contributed by atoms with van der Waals surface area (Å²) in [5, 5.41) is 9.44. The molecule has 1 amide bonds. The Kier molecular flexibility index (Phi) is 3.88. The molecule has 0 aliphatic carbocycles. The van der Waals surface area contributed by atoms with Gasteiger partial charge in [-0.2, -0.15) is 5.10 Å². The Morgan fingerprint density at radius 2 is 2.43 bits per heavy atom. The molecule has 0 bridgehead atoms. The Labute approximate surface area is 87.3 Å². The molecular weight excluding hydrogens is 204 g/mol. The van der Waals surface area contributed by atoms with Gasteiger partial charge in [0.1, 0.15) is 11.7 Å². The molecule has 78 valence electrons. The average Bonchev–Trinajstić information content (AvgIpc) is 2.60. The molecular formula is C8H13ClN4O. The smallest absolute Gasteiger partial charge is 0.235 e. The first-order valence-electron chi connectivity index (χ1n) is 4.41. The van der Waals surface area contributed by atoms with Crippen LogP contribution in [-0.4, -0.2) is 27.0 Å². The van der Waals surface area contributed by atoms with Crippen molar-refractivity contribution in [2.45, 2.75) is 26.3 Å². The number of nitrogens with one attached hydrogen (secondary N) is 2. The van der Waals surface area contributed by atoms with Crippen molar-refractivity contribution < 1.29 is 4.79 Å². The van der Waals surface area contributed by atoms with Crippen LogP contribution in [-0.2, 0) is 4.79 Å². The first-order chi connectivity index (χ1) is 6.67. The number of aryl methyl sites for hydroxylation is 1. The van der Waals surface area contributed by atoms with Crippen LogP contribution in [0, 0.1) is 6.92 Å². The Balaban J connectivity index is 2.67. The molecule has 1 heterocycles. The quantitative estimate of drug-likeness (QED) is 0.736. The number of aromatic amines is 1. The summed E-state index contributed by atoms with van der Waals surface area (Å²) >= 11 is 5.39. The zero-order chi connectivity index (χ0) is 10.6. The minimum absolute atomic E-state index is 0.0418. The molecule has 0 fully saturated rings. The standard InChI is InChI=1S/C8H13ClN4O/c1-3-6(11-7(14)4-9)8-10-5(2)12-13-8/h6H,3-4H2,1-2H3,(H,11,14)(H,10,12,13). The molecule has 0 aliphatic heterocycles. The number of halogens is 1. The van der Waals surface area contributed by atoms with Crippen LogP contribution in [0.1, 0.15) is 31.0 Å². The number of amides is 1. The minimum Gasteiger partial charge on any atom is -0.345 e. The molecule has 0 aromatic carbocycles. The van der Waals surface area contributed by atoms with E-state index in [0.29, 0.717) is 5.82 Å². The van der Waals surface area contributed by atoms with Crippen LogP contribution in [0.4, 0.5) is 0 Å². The summed E-state index contributed by atoms with van der Waals surface area (Å²) in [5.41, 5.74) is 0. The summed E-state index contributed by atoms with van der Waals surface area (Å²) in [4.78, 5) is 15.2. The fourth-order valence-corrected chi connectivity index (χ4v) is 1.18. The lowest BCUT2D eigenvalue weighted by Crippen LogP contribution is -2.29. The molecule has 0 aliphatic rings. The van der Waals surface area contributed by atoms with Crippen molar-refractivity contribution in [3.05, 3.63) is 11.6 Å². The predicted molar refractivity (Wildman–Crippen MR) is 53.0 cm³/mol. The van der Waals surface area contributed by atoms with E-state index in [1.165, 1.54) is 0 Å². The van der Waals surface area contributed by atoms with Gasteiger partial charge in [0.15, 0.2) is 5.82 Å². The van der Waals surface area contributed by atoms with Crippen molar-refractivity contribution in [3.63, 3.8) is 0 Å². The molecule has 2 N–H and O–H groups in total. The van der Waals surface area contributed by atoms with Crippen LogP contribution in [0.5, 0.6) is 0 Å². The van der Waals surface area contributed by atoms with Crippen molar-refractivity contribution >= 4 is 17.5 Å². The second-order valence-electron chi connectivity index (χ2n) is 2.94. The number of carbonyl (C=O) groups is 1. The maximum Gasteiger partial charge on any atom is 0.235 e. The molecule has 14 heavy (non-hydrogen) atoms.